The summed E-state index contributed by atoms with van der Waals surface area (Å²) >= 11 is 0. The molecule has 1 aliphatic heterocycles. The Hall–Kier alpha value is -3.88. The van der Waals surface area contributed by atoms with Crippen molar-refractivity contribution in [2.75, 3.05) is 6.54 Å². The molecule has 0 aromatic heterocycles. The van der Waals surface area contributed by atoms with Crippen LogP contribution in [0.4, 0.5) is 4.79 Å². The predicted octanol–water partition coefficient (Wildman–Crippen LogP) is 1.70. The Labute approximate surface area is 185 Å². The Balaban J connectivity index is 1.60. The Morgan fingerprint density at radius 2 is 1.75 bits per heavy atom. The smallest absolute Gasteiger partial charge is 0.410 e. The first-order valence-corrected chi connectivity index (χ1v) is 10.2. The minimum Gasteiger partial charge on any atom is -0.478 e. The second-order valence-corrected chi connectivity index (χ2v) is 7.56. The Kier molecular flexibility index (Phi) is 7.43. The molecule has 1 fully saturated rings. The van der Waals surface area contributed by atoms with E-state index >= 15 is 0 Å². The molecule has 0 aliphatic carbocycles. The van der Waals surface area contributed by atoms with Crippen molar-refractivity contribution in [2.45, 2.75) is 38.0 Å². The van der Waals surface area contributed by atoms with E-state index in [0.29, 0.717) is 24.9 Å². The topological polar surface area (TPSA) is 139 Å². The summed E-state index contributed by atoms with van der Waals surface area (Å²) < 4.78 is 5.34. The summed E-state index contributed by atoms with van der Waals surface area (Å²) in [4.78, 5) is 49.6. The van der Waals surface area contributed by atoms with Gasteiger partial charge >= 0.3 is 12.1 Å². The predicted molar refractivity (Wildman–Crippen MR) is 115 cm³/mol. The van der Waals surface area contributed by atoms with Gasteiger partial charge in [-0.1, -0.05) is 42.5 Å². The van der Waals surface area contributed by atoms with Gasteiger partial charge in [0.25, 0.3) is 0 Å². The zero-order chi connectivity index (χ0) is 23.1. The summed E-state index contributed by atoms with van der Waals surface area (Å²) in [6.07, 6.45) is 0.597. The van der Waals surface area contributed by atoms with Gasteiger partial charge in [-0.05, 0) is 36.1 Å². The maximum absolute atomic E-state index is 12.8. The highest BCUT2D eigenvalue weighted by Gasteiger charge is 2.36. The molecule has 0 unspecified atom stereocenters. The van der Waals surface area contributed by atoms with E-state index in [2.05, 4.69) is 5.32 Å². The number of carboxylic acids is 1. The highest BCUT2D eigenvalue weighted by atomic mass is 16.6. The van der Waals surface area contributed by atoms with Crippen LogP contribution in [0.15, 0.2) is 54.6 Å². The number of nitrogens with two attached hydrogens (primary N) is 1. The Morgan fingerprint density at radius 1 is 1.06 bits per heavy atom. The molecule has 4 N–H and O–H groups in total. The minimum absolute atomic E-state index is 0.0980. The summed E-state index contributed by atoms with van der Waals surface area (Å²) in [6.45, 7) is 0.477. The van der Waals surface area contributed by atoms with E-state index in [1.807, 2.05) is 30.3 Å². The van der Waals surface area contributed by atoms with Crippen LogP contribution in [0.1, 0.15) is 34.3 Å². The molecule has 3 amide bonds. The van der Waals surface area contributed by atoms with Gasteiger partial charge in [0.1, 0.15) is 18.7 Å². The van der Waals surface area contributed by atoms with Crippen LogP contribution in [0.2, 0.25) is 0 Å². The summed E-state index contributed by atoms with van der Waals surface area (Å²) in [5.41, 5.74) is 7.06. The molecule has 2 atom stereocenters. The number of carboxylic acid groups (broad SMARTS) is 1. The molecule has 1 heterocycles. The number of aromatic carboxylic acids is 1. The molecule has 2 aromatic rings. The average Bonchev–Trinajstić information content (AvgIpc) is 3.28. The highest BCUT2D eigenvalue weighted by molar-refractivity contribution is 5.91. The molecule has 0 saturated carbocycles. The molecule has 1 saturated heterocycles. The second-order valence-electron chi connectivity index (χ2n) is 7.56. The van der Waals surface area contributed by atoms with Gasteiger partial charge in [-0.2, -0.15) is 0 Å². The summed E-state index contributed by atoms with van der Waals surface area (Å²) in [5, 5.41) is 11.6. The quantitative estimate of drug-likeness (QED) is 0.572. The highest BCUT2D eigenvalue weighted by Crippen LogP contribution is 2.19. The number of carbonyl (C=O) groups excluding carboxylic acids is 3. The van der Waals surface area contributed by atoms with Crippen molar-refractivity contribution < 1.29 is 29.0 Å². The van der Waals surface area contributed by atoms with Crippen molar-refractivity contribution in [1.82, 2.24) is 10.2 Å². The van der Waals surface area contributed by atoms with Gasteiger partial charge in [-0.15, -0.1) is 0 Å². The fraction of sp³-hybridized carbons (Fsp3) is 0.304. The van der Waals surface area contributed by atoms with Crippen LogP contribution in [0.25, 0.3) is 0 Å². The first kappa shape index (κ1) is 22.8. The summed E-state index contributed by atoms with van der Waals surface area (Å²) in [5.74, 6) is -2.27. The lowest BCUT2D eigenvalue weighted by Gasteiger charge is -2.25. The van der Waals surface area contributed by atoms with E-state index < -0.39 is 36.0 Å². The van der Waals surface area contributed by atoms with E-state index in [0.717, 1.165) is 5.56 Å². The molecule has 1 aliphatic rings. The largest absolute Gasteiger partial charge is 0.478 e. The van der Waals surface area contributed by atoms with Gasteiger partial charge in [-0.3, -0.25) is 14.5 Å². The van der Waals surface area contributed by atoms with Crippen molar-refractivity contribution in [2.24, 2.45) is 5.73 Å². The van der Waals surface area contributed by atoms with Crippen molar-refractivity contribution in [3.63, 3.8) is 0 Å². The van der Waals surface area contributed by atoms with Gasteiger partial charge < -0.3 is 20.9 Å². The third-order valence-corrected chi connectivity index (χ3v) is 5.30. The molecular weight excluding hydrogens is 414 g/mol. The molecule has 9 nitrogen and oxygen atoms in total. The Bertz CT molecular complexity index is 977. The number of nitrogens with one attached hydrogen (secondary N) is 1. The van der Waals surface area contributed by atoms with Crippen molar-refractivity contribution >= 4 is 23.9 Å². The summed E-state index contributed by atoms with van der Waals surface area (Å²) in [6, 6.07) is 13.4. The molecule has 32 heavy (non-hydrogen) atoms. The van der Waals surface area contributed by atoms with Crippen LogP contribution in [-0.4, -0.2) is 52.5 Å². The maximum Gasteiger partial charge on any atom is 0.410 e. The maximum atomic E-state index is 12.8. The zero-order valence-electron chi connectivity index (χ0n) is 17.4. The number of benzene rings is 2. The lowest BCUT2D eigenvalue weighted by atomic mass is 10.0. The lowest BCUT2D eigenvalue weighted by Crippen LogP contribution is -2.53. The van der Waals surface area contributed by atoms with Crippen molar-refractivity contribution in [3.05, 3.63) is 71.3 Å². The van der Waals surface area contributed by atoms with Gasteiger partial charge in [0.15, 0.2) is 0 Å². The van der Waals surface area contributed by atoms with Gasteiger partial charge in [0.05, 0.1) is 5.56 Å². The van der Waals surface area contributed by atoms with Gasteiger partial charge in [0.2, 0.25) is 11.8 Å². The number of amides is 3. The van der Waals surface area contributed by atoms with Crippen molar-refractivity contribution in [3.8, 4) is 0 Å². The number of hydrogen-bond donors (Lipinski definition) is 3. The average molecular weight is 439 g/mol. The fourth-order valence-electron chi connectivity index (χ4n) is 3.57. The normalized spacial score (nSPS) is 16.2. The number of primary amides is 1. The number of nitrogens with zero attached hydrogens (tertiary/aromatic N) is 1. The molecule has 9 heteroatoms. The van der Waals surface area contributed by atoms with Crippen LogP contribution in [0.5, 0.6) is 0 Å². The minimum atomic E-state index is -1.06. The monoisotopic (exact) mass is 439 g/mol. The van der Waals surface area contributed by atoms with Crippen LogP contribution in [0, 0.1) is 0 Å². The molecule has 3 rings (SSSR count). The molecule has 0 spiro atoms. The zero-order valence-corrected chi connectivity index (χ0v) is 17.4. The van der Waals surface area contributed by atoms with E-state index in [4.69, 9.17) is 15.6 Å². The Morgan fingerprint density at radius 3 is 2.38 bits per heavy atom. The molecule has 0 bridgehead atoms. The number of likely N-dealkylation sites (tertiary alicyclic amines) is 1. The molecule has 0 radical (unpaired) electrons. The number of rotatable bonds is 8. The van der Waals surface area contributed by atoms with E-state index in [1.54, 1.807) is 12.1 Å². The third-order valence-electron chi connectivity index (χ3n) is 5.30. The SMILES string of the molecule is NC(=O)[C@H](Cc1ccc(C(=O)O)cc1)NC(=O)[C@H]1CCCN1C(=O)OCc1ccccc1. The number of ether oxygens (including phenoxy) is 1. The molecular formula is C23H25N3O6. The second kappa shape index (κ2) is 10.4. The fourth-order valence-corrected chi connectivity index (χ4v) is 3.57. The van der Waals surface area contributed by atoms with E-state index in [1.165, 1.54) is 17.0 Å². The number of hydrogen-bond acceptors (Lipinski definition) is 5. The standard InChI is InChI=1S/C23H25N3O6/c24-20(27)18(13-15-8-10-17(11-9-15)22(29)30)25-21(28)19-7-4-12-26(19)23(31)32-14-16-5-2-1-3-6-16/h1-3,5-6,8-11,18-19H,4,7,12-14H2,(H2,24,27)(H,25,28)(H,29,30)/t18-,19+/m0/s1. The molecule has 2 aromatic carbocycles. The van der Waals surface area contributed by atoms with Crippen LogP contribution in [-0.2, 0) is 27.4 Å². The lowest BCUT2D eigenvalue weighted by molar-refractivity contribution is -0.130. The third kappa shape index (κ3) is 5.84. The first-order valence-electron chi connectivity index (χ1n) is 10.2. The van der Waals surface area contributed by atoms with Crippen LogP contribution in [0.3, 0.4) is 0 Å². The first-order chi connectivity index (χ1) is 15.3. The van der Waals surface area contributed by atoms with Crippen molar-refractivity contribution in [1.29, 1.82) is 0 Å². The van der Waals surface area contributed by atoms with E-state index in [-0.39, 0.29) is 18.6 Å². The number of carbonyl (C=O) groups is 4. The molecule has 168 valence electrons. The van der Waals surface area contributed by atoms with Crippen LogP contribution >= 0.6 is 0 Å². The van der Waals surface area contributed by atoms with Gasteiger partial charge in [-0.25, -0.2) is 9.59 Å². The summed E-state index contributed by atoms with van der Waals surface area (Å²) in [7, 11) is 0. The van der Waals surface area contributed by atoms with E-state index in [9.17, 15) is 19.2 Å². The van der Waals surface area contributed by atoms with Crippen LogP contribution < -0.4 is 11.1 Å². The van der Waals surface area contributed by atoms with Gasteiger partial charge in [0, 0.05) is 13.0 Å².